The van der Waals surface area contributed by atoms with E-state index in [1.807, 2.05) is 6.92 Å². The first kappa shape index (κ1) is 15.6. The minimum absolute atomic E-state index is 0.0000802. The largest absolute Gasteiger partial charge is 0.352 e. The minimum Gasteiger partial charge on any atom is -0.352 e. The molecule has 0 saturated heterocycles. The lowest BCUT2D eigenvalue weighted by Crippen LogP contribution is -2.28. The van der Waals surface area contributed by atoms with Crippen LogP contribution in [0.25, 0.3) is 0 Å². The number of amides is 1. The van der Waals surface area contributed by atoms with Crippen LogP contribution in [0.4, 0.5) is 10.1 Å². The van der Waals surface area contributed by atoms with Crippen LogP contribution < -0.4 is 16.6 Å². The van der Waals surface area contributed by atoms with Crippen LogP contribution in [-0.4, -0.2) is 28.2 Å². The van der Waals surface area contributed by atoms with Crippen molar-refractivity contribution in [3.63, 3.8) is 0 Å². The van der Waals surface area contributed by atoms with Crippen molar-refractivity contribution in [2.24, 2.45) is 5.84 Å². The Morgan fingerprint density at radius 2 is 2.21 bits per heavy atom. The van der Waals surface area contributed by atoms with Gasteiger partial charge in [0.15, 0.2) is 0 Å². The molecule has 0 spiro atoms. The first-order valence-electron chi connectivity index (χ1n) is 5.83. The Morgan fingerprint density at radius 3 is 2.79 bits per heavy atom. The Bertz CT molecular complexity index is 482. The molecule has 19 heavy (non-hydrogen) atoms. The molecule has 0 bridgehead atoms. The molecule has 1 rings (SSSR count). The predicted octanol–water partition coefficient (Wildman–Crippen LogP) is 0.998. The summed E-state index contributed by atoms with van der Waals surface area (Å²) in [5.74, 6) is 4.20. The van der Waals surface area contributed by atoms with Gasteiger partial charge in [0.1, 0.15) is 5.82 Å². The summed E-state index contributed by atoms with van der Waals surface area (Å²) in [5, 5.41) is 2.65. The molecule has 0 radical (unpaired) electrons. The van der Waals surface area contributed by atoms with E-state index in [0.717, 1.165) is 0 Å². The van der Waals surface area contributed by atoms with Gasteiger partial charge >= 0.3 is 0 Å². The van der Waals surface area contributed by atoms with E-state index < -0.39 is 22.5 Å². The van der Waals surface area contributed by atoms with Gasteiger partial charge in [-0.3, -0.25) is 14.8 Å². The number of hydrazine groups is 1. The van der Waals surface area contributed by atoms with Crippen LogP contribution in [0, 0.1) is 5.82 Å². The number of carbonyl (C=O) groups excluding carboxylic acids is 1. The highest BCUT2D eigenvalue weighted by molar-refractivity contribution is 7.84. The number of anilines is 1. The molecule has 1 aromatic carbocycles. The van der Waals surface area contributed by atoms with Crippen molar-refractivity contribution >= 4 is 22.4 Å². The molecule has 0 aliphatic heterocycles. The van der Waals surface area contributed by atoms with Gasteiger partial charge < -0.3 is 10.7 Å². The second-order valence-corrected chi connectivity index (χ2v) is 5.96. The summed E-state index contributed by atoms with van der Waals surface area (Å²) in [5.41, 5.74) is 2.29. The van der Waals surface area contributed by atoms with E-state index in [2.05, 4.69) is 10.7 Å². The molecule has 2 atom stereocenters. The van der Waals surface area contributed by atoms with Gasteiger partial charge in [-0.2, -0.15) is 0 Å². The zero-order chi connectivity index (χ0) is 14.4. The van der Waals surface area contributed by atoms with Crippen molar-refractivity contribution in [2.45, 2.75) is 18.6 Å². The second kappa shape index (κ2) is 7.20. The molecule has 5 nitrogen and oxygen atoms in total. The zero-order valence-electron chi connectivity index (χ0n) is 10.9. The summed E-state index contributed by atoms with van der Waals surface area (Å²) in [7, 11) is -0.923. The smallest absolute Gasteiger partial charge is 0.253 e. The van der Waals surface area contributed by atoms with Crippen LogP contribution in [0.5, 0.6) is 0 Å². The van der Waals surface area contributed by atoms with Crippen LogP contribution in [0.2, 0.25) is 0 Å². The lowest BCUT2D eigenvalue weighted by Gasteiger charge is -2.12. The molecule has 106 valence electrons. The maximum absolute atomic E-state index is 13.4. The van der Waals surface area contributed by atoms with Crippen molar-refractivity contribution in [2.75, 3.05) is 18.2 Å². The average molecular weight is 287 g/mol. The van der Waals surface area contributed by atoms with Crippen molar-refractivity contribution in [1.29, 1.82) is 0 Å². The second-order valence-electron chi connectivity index (χ2n) is 4.16. The monoisotopic (exact) mass is 287 g/mol. The highest BCUT2D eigenvalue weighted by atomic mass is 32.2. The van der Waals surface area contributed by atoms with Gasteiger partial charge in [0.25, 0.3) is 5.91 Å². The van der Waals surface area contributed by atoms with Gasteiger partial charge in [-0.15, -0.1) is 0 Å². The third kappa shape index (κ3) is 4.29. The van der Waals surface area contributed by atoms with Crippen LogP contribution in [0.3, 0.4) is 0 Å². The SMILES string of the molecule is CC(CCNC(=O)c1cccc(F)c1NN)S(C)=O. The molecule has 4 N–H and O–H groups in total. The molecule has 0 saturated carbocycles. The van der Waals surface area contributed by atoms with E-state index in [1.165, 1.54) is 18.2 Å². The number of carbonyl (C=O) groups is 1. The van der Waals surface area contributed by atoms with E-state index in [4.69, 9.17) is 5.84 Å². The maximum Gasteiger partial charge on any atom is 0.253 e. The molecular formula is C12H18FN3O2S. The van der Waals surface area contributed by atoms with E-state index in [-0.39, 0.29) is 16.5 Å². The number of hydrogen-bond donors (Lipinski definition) is 3. The number of benzene rings is 1. The summed E-state index contributed by atoms with van der Waals surface area (Å²) >= 11 is 0. The number of rotatable bonds is 6. The summed E-state index contributed by atoms with van der Waals surface area (Å²) in [6.45, 7) is 2.22. The Balaban J connectivity index is 2.64. The highest BCUT2D eigenvalue weighted by Gasteiger charge is 2.14. The summed E-state index contributed by atoms with van der Waals surface area (Å²) < 4.78 is 24.6. The van der Waals surface area contributed by atoms with Gasteiger partial charge in [0, 0.05) is 28.9 Å². The molecule has 0 aliphatic carbocycles. The fourth-order valence-corrected chi connectivity index (χ4v) is 1.96. The van der Waals surface area contributed by atoms with Crippen LogP contribution in [0.1, 0.15) is 23.7 Å². The van der Waals surface area contributed by atoms with E-state index in [9.17, 15) is 13.4 Å². The Morgan fingerprint density at radius 1 is 1.53 bits per heavy atom. The molecule has 0 aromatic heterocycles. The van der Waals surface area contributed by atoms with Crippen molar-refractivity contribution in [3.8, 4) is 0 Å². The minimum atomic E-state index is -0.923. The van der Waals surface area contributed by atoms with Gasteiger partial charge in [-0.25, -0.2) is 4.39 Å². The third-order valence-corrected chi connectivity index (χ3v) is 4.17. The zero-order valence-corrected chi connectivity index (χ0v) is 11.7. The van der Waals surface area contributed by atoms with Gasteiger partial charge in [-0.05, 0) is 18.6 Å². The standard InChI is InChI=1S/C12H18FN3O2S/c1-8(19(2)18)6-7-15-12(17)9-4-3-5-10(13)11(9)16-14/h3-5,8,16H,6-7,14H2,1-2H3,(H,15,17). The van der Waals surface area contributed by atoms with E-state index in [0.29, 0.717) is 13.0 Å². The van der Waals surface area contributed by atoms with E-state index >= 15 is 0 Å². The maximum atomic E-state index is 13.4. The van der Waals surface area contributed by atoms with Crippen molar-refractivity contribution in [1.82, 2.24) is 5.32 Å². The summed E-state index contributed by atoms with van der Waals surface area (Å²) in [4.78, 5) is 11.9. The fourth-order valence-electron chi connectivity index (χ4n) is 1.51. The lowest BCUT2D eigenvalue weighted by molar-refractivity contribution is 0.0953. The average Bonchev–Trinajstić information content (AvgIpc) is 2.37. The molecule has 1 amide bonds. The molecule has 2 unspecified atom stereocenters. The quantitative estimate of drug-likeness (QED) is 0.538. The third-order valence-electron chi connectivity index (χ3n) is 2.81. The number of nitrogens with two attached hydrogens (primary N) is 1. The highest BCUT2D eigenvalue weighted by Crippen LogP contribution is 2.18. The van der Waals surface area contributed by atoms with Gasteiger partial charge in [-0.1, -0.05) is 13.0 Å². The first-order chi connectivity index (χ1) is 8.97. The molecule has 7 heteroatoms. The lowest BCUT2D eigenvalue weighted by atomic mass is 10.1. The predicted molar refractivity (Wildman–Crippen MR) is 74.7 cm³/mol. The van der Waals surface area contributed by atoms with Gasteiger partial charge in [0.05, 0.1) is 11.3 Å². The molecular weight excluding hydrogens is 269 g/mol. The Kier molecular flexibility index (Phi) is 5.91. The van der Waals surface area contributed by atoms with Crippen molar-refractivity contribution in [3.05, 3.63) is 29.6 Å². The number of nitrogen functional groups attached to an aromatic ring is 1. The topological polar surface area (TPSA) is 84.2 Å². The summed E-state index contributed by atoms with van der Waals surface area (Å²) in [6, 6.07) is 4.14. The van der Waals surface area contributed by atoms with E-state index in [1.54, 1.807) is 6.26 Å². The van der Waals surface area contributed by atoms with Gasteiger partial charge in [0.2, 0.25) is 0 Å². The van der Waals surface area contributed by atoms with Crippen LogP contribution in [0.15, 0.2) is 18.2 Å². The number of halogens is 1. The first-order valence-corrected chi connectivity index (χ1v) is 7.45. The van der Waals surface area contributed by atoms with Crippen LogP contribution >= 0.6 is 0 Å². The normalized spacial score (nSPS) is 13.7. The van der Waals surface area contributed by atoms with Crippen molar-refractivity contribution < 1.29 is 13.4 Å². The fraction of sp³-hybridized carbons (Fsp3) is 0.417. The molecule has 1 aromatic rings. The number of nitrogens with one attached hydrogen (secondary N) is 2. The number of para-hydroxylation sites is 1. The Hall–Kier alpha value is -1.47. The molecule has 0 heterocycles. The Labute approximate surface area is 114 Å². The molecule has 0 fully saturated rings. The molecule has 0 aliphatic rings. The number of hydrogen-bond acceptors (Lipinski definition) is 4. The van der Waals surface area contributed by atoms with Crippen LogP contribution in [-0.2, 0) is 10.8 Å². The summed E-state index contributed by atoms with van der Waals surface area (Å²) in [6.07, 6.45) is 2.21.